The molecule has 0 saturated heterocycles. The van der Waals surface area contributed by atoms with E-state index in [4.69, 9.17) is 16.3 Å². The summed E-state index contributed by atoms with van der Waals surface area (Å²) in [6, 6.07) is 16.4. The van der Waals surface area contributed by atoms with Crippen molar-refractivity contribution in [3.8, 4) is 17.0 Å². The second-order valence-electron chi connectivity index (χ2n) is 6.21. The fraction of sp³-hybridized carbons (Fsp3) is 0.200. The largest absolute Gasteiger partial charge is 0.497 e. The summed E-state index contributed by atoms with van der Waals surface area (Å²) in [4.78, 5) is 12.2. The molecule has 1 N–H and O–H groups in total. The van der Waals surface area contributed by atoms with Crippen molar-refractivity contribution in [1.82, 2.24) is 14.5 Å². The zero-order chi connectivity index (χ0) is 20.9. The van der Waals surface area contributed by atoms with Gasteiger partial charge < -0.3 is 4.74 Å². The molecule has 29 heavy (non-hydrogen) atoms. The predicted octanol–water partition coefficient (Wildman–Crippen LogP) is 2.94. The van der Waals surface area contributed by atoms with Crippen LogP contribution in [0.2, 0.25) is 5.02 Å². The standard InChI is InChI=1S/C20H20ClN3O4S/c1-28-17-7-3-15(4-8-17)19-11-12-20(25)24(23-19)14-2-13-22-29(26,27)18-9-5-16(21)6-10-18/h3-12,22H,2,13-14H2,1H3. The molecular formula is C20H20ClN3O4S. The minimum Gasteiger partial charge on any atom is -0.497 e. The van der Waals surface area contributed by atoms with E-state index in [0.717, 1.165) is 11.3 Å². The molecule has 0 saturated carbocycles. The van der Waals surface area contributed by atoms with E-state index in [0.29, 0.717) is 17.1 Å². The Morgan fingerprint density at radius 1 is 1.03 bits per heavy atom. The third kappa shape index (κ3) is 5.44. The van der Waals surface area contributed by atoms with E-state index in [1.54, 1.807) is 13.2 Å². The number of nitrogens with zero attached hydrogens (tertiary/aromatic N) is 2. The molecule has 0 spiro atoms. The molecule has 9 heteroatoms. The summed E-state index contributed by atoms with van der Waals surface area (Å²) in [7, 11) is -2.04. The van der Waals surface area contributed by atoms with Crippen LogP contribution in [0.3, 0.4) is 0 Å². The van der Waals surface area contributed by atoms with E-state index < -0.39 is 10.0 Å². The Kier molecular flexibility index (Phi) is 6.68. The molecule has 0 amide bonds. The van der Waals surface area contributed by atoms with Crippen LogP contribution in [0.5, 0.6) is 5.75 Å². The quantitative estimate of drug-likeness (QED) is 0.551. The molecule has 7 nitrogen and oxygen atoms in total. The van der Waals surface area contributed by atoms with Gasteiger partial charge in [0.2, 0.25) is 10.0 Å². The summed E-state index contributed by atoms with van der Waals surface area (Å²) in [5, 5.41) is 4.84. The fourth-order valence-electron chi connectivity index (χ4n) is 2.66. The maximum atomic E-state index is 12.3. The predicted molar refractivity (Wildman–Crippen MR) is 112 cm³/mol. The van der Waals surface area contributed by atoms with Gasteiger partial charge in [-0.25, -0.2) is 17.8 Å². The van der Waals surface area contributed by atoms with Crippen LogP contribution >= 0.6 is 11.6 Å². The minimum atomic E-state index is -3.63. The first kappa shape index (κ1) is 21.0. The van der Waals surface area contributed by atoms with Crippen molar-refractivity contribution in [1.29, 1.82) is 0 Å². The molecule has 1 heterocycles. The lowest BCUT2D eigenvalue weighted by Gasteiger charge is -2.09. The van der Waals surface area contributed by atoms with Crippen molar-refractivity contribution in [2.75, 3.05) is 13.7 Å². The highest BCUT2D eigenvalue weighted by atomic mass is 35.5. The van der Waals surface area contributed by atoms with Crippen LogP contribution in [0, 0.1) is 0 Å². The molecular weight excluding hydrogens is 414 g/mol. The maximum Gasteiger partial charge on any atom is 0.266 e. The molecule has 152 valence electrons. The Balaban J connectivity index is 1.63. The Labute approximate surface area is 174 Å². The van der Waals surface area contributed by atoms with Crippen molar-refractivity contribution in [3.05, 3.63) is 76.0 Å². The summed E-state index contributed by atoms with van der Waals surface area (Å²) in [6.07, 6.45) is 0.409. The van der Waals surface area contributed by atoms with Gasteiger partial charge in [-0.3, -0.25) is 4.79 Å². The minimum absolute atomic E-state index is 0.138. The van der Waals surface area contributed by atoms with Crippen molar-refractivity contribution in [2.24, 2.45) is 0 Å². The molecule has 0 radical (unpaired) electrons. The highest BCUT2D eigenvalue weighted by Gasteiger charge is 2.13. The second kappa shape index (κ2) is 9.21. The van der Waals surface area contributed by atoms with Crippen molar-refractivity contribution < 1.29 is 13.2 Å². The summed E-state index contributed by atoms with van der Waals surface area (Å²) in [5.41, 5.74) is 1.25. The molecule has 0 unspecified atom stereocenters. The van der Waals surface area contributed by atoms with Crippen LogP contribution < -0.4 is 15.0 Å². The average molecular weight is 434 g/mol. The Hall–Kier alpha value is -2.68. The lowest BCUT2D eigenvalue weighted by Crippen LogP contribution is -2.28. The highest BCUT2D eigenvalue weighted by Crippen LogP contribution is 2.19. The van der Waals surface area contributed by atoms with E-state index in [-0.39, 0.29) is 23.5 Å². The molecule has 0 fully saturated rings. The van der Waals surface area contributed by atoms with Gasteiger partial charge in [0, 0.05) is 29.7 Å². The number of ether oxygens (including phenoxy) is 1. The summed E-state index contributed by atoms with van der Waals surface area (Å²) < 4.78 is 33.5. The van der Waals surface area contributed by atoms with Crippen LogP contribution in [0.15, 0.2) is 70.4 Å². The number of halogens is 1. The molecule has 0 atom stereocenters. The number of hydrogen-bond acceptors (Lipinski definition) is 5. The van der Waals surface area contributed by atoms with Crippen LogP contribution in [-0.4, -0.2) is 31.9 Å². The number of aromatic nitrogens is 2. The van der Waals surface area contributed by atoms with Gasteiger partial charge in [-0.05, 0) is 61.0 Å². The lowest BCUT2D eigenvalue weighted by molar-refractivity contribution is 0.415. The Morgan fingerprint density at radius 3 is 2.38 bits per heavy atom. The van der Waals surface area contributed by atoms with Gasteiger partial charge in [0.25, 0.3) is 5.56 Å². The monoisotopic (exact) mass is 433 g/mol. The molecule has 0 aliphatic rings. The summed E-state index contributed by atoms with van der Waals surface area (Å²) in [5.74, 6) is 0.732. The number of rotatable bonds is 8. The van der Waals surface area contributed by atoms with Gasteiger partial charge in [0.15, 0.2) is 0 Å². The number of hydrogen-bond donors (Lipinski definition) is 1. The normalized spacial score (nSPS) is 11.4. The first-order valence-corrected chi connectivity index (χ1v) is 10.7. The van der Waals surface area contributed by atoms with Gasteiger partial charge in [-0.2, -0.15) is 5.10 Å². The van der Waals surface area contributed by atoms with Crippen LogP contribution in [0.1, 0.15) is 6.42 Å². The maximum absolute atomic E-state index is 12.3. The highest BCUT2D eigenvalue weighted by molar-refractivity contribution is 7.89. The lowest BCUT2D eigenvalue weighted by atomic mass is 10.1. The number of methoxy groups -OCH3 is 1. The molecule has 3 rings (SSSR count). The van der Waals surface area contributed by atoms with E-state index in [1.807, 2.05) is 24.3 Å². The van der Waals surface area contributed by atoms with Crippen molar-refractivity contribution >= 4 is 21.6 Å². The van der Waals surface area contributed by atoms with Gasteiger partial charge in [-0.1, -0.05) is 11.6 Å². The van der Waals surface area contributed by atoms with Crippen LogP contribution in [0.25, 0.3) is 11.3 Å². The summed E-state index contributed by atoms with van der Waals surface area (Å²) >= 11 is 5.78. The third-order valence-corrected chi connectivity index (χ3v) is 5.94. The molecule has 1 aromatic heterocycles. The van der Waals surface area contributed by atoms with Crippen molar-refractivity contribution in [2.45, 2.75) is 17.9 Å². The summed E-state index contributed by atoms with van der Waals surface area (Å²) in [6.45, 7) is 0.456. The molecule has 2 aromatic carbocycles. The number of aryl methyl sites for hydroxylation is 1. The van der Waals surface area contributed by atoms with E-state index >= 15 is 0 Å². The van der Waals surface area contributed by atoms with Crippen LogP contribution in [-0.2, 0) is 16.6 Å². The first-order chi connectivity index (χ1) is 13.9. The van der Waals surface area contributed by atoms with E-state index in [1.165, 1.54) is 35.0 Å². The Bertz CT molecular complexity index is 1130. The zero-order valence-electron chi connectivity index (χ0n) is 15.7. The smallest absolute Gasteiger partial charge is 0.266 e. The third-order valence-electron chi connectivity index (χ3n) is 4.22. The van der Waals surface area contributed by atoms with E-state index in [9.17, 15) is 13.2 Å². The number of sulfonamides is 1. The van der Waals surface area contributed by atoms with Gasteiger partial charge in [0.05, 0.1) is 17.7 Å². The Morgan fingerprint density at radius 2 is 1.72 bits per heavy atom. The van der Waals surface area contributed by atoms with Gasteiger partial charge >= 0.3 is 0 Å². The first-order valence-electron chi connectivity index (χ1n) is 8.87. The zero-order valence-corrected chi connectivity index (χ0v) is 17.3. The van der Waals surface area contributed by atoms with Gasteiger partial charge in [-0.15, -0.1) is 0 Å². The number of benzene rings is 2. The second-order valence-corrected chi connectivity index (χ2v) is 8.42. The van der Waals surface area contributed by atoms with E-state index in [2.05, 4.69) is 9.82 Å². The van der Waals surface area contributed by atoms with Crippen molar-refractivity contribution in [3.63, 3.8) is 0 Å². The molecule has 0 bridgehead atoms. The topological polar surface area (TPSA) is 90.3 Å². The molecule has 3 aromatic rings. The fourth-order valence-corrected chi connectivity index (χ4v) is 3.86. The average Bonchev–Trinajstić information content (AvgIpc) is 2.73. The SMILES string of the molecule is COc1ccc(-c2ccc(=O)n(CCCNS(=O)(=O)c3ccc(Cl)cc3)n2)cc1. The number of nitrogens with one attached hydrogen (secondary N) is 1. The molecule has 0 aliphatic carbocycles. The van der Waals surface area contributed by atoms with Gasteiger partial charge in [0.1, 0.15) is 5.75 Å². The molecule has 0 aliphatic heterocycles. The van der Waals surface area contributed by atoms with Crippen LogP contribution in [0.4, 0.5) is 0 Å².